The van der Waals surface area contributed by atoms with E-state index in [9.17, 15) is 0 Å². The fraction of sp³-hybridized carbons (Fsp3) is 1.00. The molecule has 2 fully saturated rings. The summed E-state index contributed by atoms with van der Waals surface area (Å²) in [5, 5.41) is 0. The van der Waals surface area contributed by atoms with Crippen molar-refractivity contribution >= 4 is 0 Å². The first kappa shape index (κ1) is 13.3. The first-order valence-corrected chi connectivity index (χ1v) is 7.26. The van der Waals surface area contributed by atoms with Crippen molar-refractivity contribution in [2.24, 2.45) is 17.6 Å². The third kappa shape index (κ3) is 4.23. The molecule has 17 heavy (non-hydrogen) atoms. The molecule has 0 radical (unpaired) electrons. The average molecular weight is 239 g/mol. The van der Waals surface area contributed by atoms with Gasteiger partial charge in [-0.25, -0.2) is 0 Å². The quantitative estimate of drug-likeness (QED) is 0.787. The first-order valence-electron chi connectivity index (χ1n) is 7.26. The van der Waals surface area contributed by atoms with Crippen molar-refractivity contribution in [1.82, 2.24) is 9.80 Å². The van der Waals surface area contributed by atoms with Crippen molar-refractivity contribution in [3.05, 3.63) is 0 Å². The second kappa shape index (κ2) is 6.17. The van der Waals surface area contributed by atoms with Crippen LogP contribution in [-0.4, -0.2) is 56.1 Å². The van der Waals surface area contributed by atoms with Gasteiger partial charge in [0, 0.05) is 19.1 Å². The highest BCUT2D eigenvalue weighted by Crippen LogP contribution is 2.26. The zero-order valence-electron chi connectivity index (χ0n) is 11.6. The lowest BCUT2D eigenvalue weighted by Crippen LogP contribution is -2.42. The van der Waals surface area contributed by atoms with E-state index in [0.717, 1.165) is 11.8 Å². The van der Waals surface area contributed by atoms with Gasteiger partial charge in [0.15, 0.2) is 0 Å². The zero-order valence-corrected chi connectivity index (χ0v) is 11.6. The van der Waals surface area contributed by atoms with Gasteiger partial charge in [-0.1, -0.05) is 0 Å². The van der Waals surface area contributed by atoms with E-state index in [-0.39, 0.29) is 0 Å². The van der Waals surface area contributed by atoms with Crippen LogP contribution < -0.4 is 5.73 Å². The number of nitrogens with two attached hydrogens (primary N) is 1. The van der Waals surface area contributed by atoms with Gasteiger partial charge in [-0.2, -0.15) is 0 Å². The average Bonchev–Trinajstić information content (AvgIpc) is 2.24. The number of nitrogens with zero attached hydrogens (tertiary/aromatic N) is 2. The molecular formula is C14H29N3. The summed E-state index contributed by atoms with van der Waals surface area (Å²) in [6.07, 6.45) is 6.70. The molecule has 3 nitrogen and oxygen atoms in total. The maximum atomic E-state index is 5.83. The number of hydrogen-bond donors (Lipinski definition) is 1. The molecule has 0 amide bonds. The molecule has 1 saturated carbocycles. The van der Waals surface area contributed by atoms with Crippen LogP contribution in [0.3, 0.4) is 0 Å². The predicted octanol–water partition coefficient (Wildman–Crippen LogP) is 1.39. The molecule has 0 bridgehead atoms. The fourth-order valence-electron chi connectivity index (χ4n) is 3.38. The monoisotopic (exact) mass is 239 g/mol. The smallest absolute Gasteiger partial charge is 0.00450 e. The molecule has 2 N–H and O–H groups in total. The van der Waals surface area contributed by atoms with Crippen LogP contribution in [0.4, 0.5) is 0 Å². The summed E-state index contributed by atoms with van der Waals surface area (Å²) in [4.78, 5) is 5.00. The van der Waals surface area contributed by atoms with Crippen LogP contribution in [0.1, 0.15) is 32.1 Å². The maximum absolute atomic E-state index is 5.83. The molecule has 1 aliphatic carbocycles. The van der Waals surface area contributed by atoms with Gasteiger partial charge in [-0.15, -0.1) is 0 Å². The van der Waals surface area contributed by atoms with E-state index >= 15 is 0 Å². The van der Waals surface area contributed by atoms with Gasteiger partial charge in [0.2, 0.25) is 0 Å². The van der Waals surface area contributed by atoms with E-state index in [1.807, 2.05) is 0 Å². The van der Waals surface area contributed by atoms with E-state index in [2.05, 4.69) is 23.9 Å². The van der Waals surface area contributed by atoms with Crippen LogP contribution in [0.25, 0.3) is 0 Å². The Kier molecular flexibility index (Phi) is 4.83. The Bertz CT molecular complexity index is 226. The molecule has 0 aromatic rings. The van der Waals surface area contributed by atoms with Crippen LogP contribution in [-0.2, 0) is 0 Å². The highest BCUT2D eigenvalue weighted by molar-refractivity contribution is 4.83. The van der Waals surface area contributed by atoms with E-state index in [4.69, 9.17) is 5.73 Å². The SMILES string of the molecule is CN1CCCC(CCN(C)CC2CC(N)C2)C1. The van der Waals surface area contributed by atoms with Crippen molar-refractivity contribution in [3.8, 4) is 0 Å². The Balaban J connectivity index is 1.57. The van der Waals surface area contributed by atoms with Gasteiger partial charge in [-0.3, -0.25) is 0 Å². The molecule has 2 rings (SSSR count). The number of rotatable bonds is 5. The van der Waals surface area contributed by atoms with E-state index in [1.54, 1.807) is 0 Å². The lowest BCUT2D eigenvalue weighted by molar-refractivity contribution is 0.156. The summed E-state index contributed by atoms with van der Waals surface area (Å²) in [6.45, 7) is 5.13. The Labute approximate surface area is 106 Å². The normalized spacial score (nSPS) is 34.9. The summed E-state index contributed by atoms with van der Waals surface area (Å²) < 4.78 is 0. The van der Waals surface area contributed by atoms with E-state index < -0.39 is 0 Å². The van der Waals surface area contributed by atoms with Gasteiger partial charge in [0.05, 0.1) is 0 Å². The predicted molar refractivity (Wildman–Crippen MR) is 73.0 cm³/mol. The molecular weight excluding hydrogens is 210 g/mol. The lowest BCUT2D eigenvalue weighted by Gasteiger charge is -2.36. The summed E-state index contributed by atoms with van der Waals surface area (Å²) in [5.41, 5.74) is 5.83. The zero-order chi connectivity index (χ0) is 12.3. The minimum Gasteiger partial charge on any atom is -0.328 e. The van der Waals surface area contributed by atoms with Crippen molar-refractivity contribution in [1.29, 1.82) is 0 Å². The lowest BCUT2D eigenvalue weighted by atomic mass is 9.80. The Hall–Kier alpha value is -0.120. The first-order chi connectivity index (χ1) is 8.13. The molecule has 0 aromatic heterocycles. The van der Waals surface area contributed by atoms with E-state index in [0.29, 0.717) is 6.04 Å². The number of piperidine rings is 1. The Morgan fingerprint density at radius 2 is 2.06 bits per heavy atom. The van der Waals surface area contributed by atoms with Crippen LogP contribution >= 0.6 is 0 Å². The standard InChI is InChI=1S/C14H29N3/c1-16-6-3-4-12(10-16)5-7-17(2)11-13-8-14(15)9-13/h12-14H,3-11,15H2,1-2H3. The highest BCUT2D eigenvalue weighted by Gasteiger charge is 2.26. The third-order valence-electron chi connectivity index (χ3n) is 4.48. The van der Waals surface area contributed by atoms with Gasteiger partial charge in [0.1, 0.15) is 0 Å². The van der Waals surface area contributed by atoms with Crippen molar-refractivity contribution < 1.29 is 0 Å². The van der Waals surface area contributed by atoms with Gasteiger partial charge < -0.3 is 15.5 Å². The molecule has 100 valence electrons. The largest absolute Gasteiger partial charge is 0.328 e. The molecule has 1 aliphatic heterocycles. The summed E-state index contributed by atoms with van der Waals surface area (Å²) in [5.74, 6) is 1.81. The van der Waals surface area contributed by atoms with Gasteiger partial charge in [0.25, 0.3) is 0 Å². The summed E-state index contributed by atoms with van der Waals surface area (Å²) in [7, 11) is 4.53. The minimum atomic E-state index is 0.500. The molecule has 1 atom stereocenters. The van der Waals surface area contributed by atoms with Crippen molar-refractivity contribution in [2.75, 3.05) is 40.3 Å². The highest BCUT2D eigenvalue weighted by atomic mass is 15.1. The van der Waals surface area contributed by atoms with Crippen molar-refractivity contribution in [2.45, 2.75) is 38.1 Å². The van der Waals surface area contributed by atoms with Gasteiger partial charge in [-0.05, 0) is 71.1 Å². The molecule has 3 heteroatoms. The molecule has 1 unspecified atom stereocenters. The molecule has 0 spiro atoms. The van der Waals surface area contributed by atoms with Gasteiger partial charge >= 0.3 is 0 Å². The van der Waals surface area contributed by atoms with Crippen LogP contribution in [0.15, 0.2) is 0 Å². The third-order valence-corrected chi connectivity index (χ3v) is 4.48. The topological polar surface area (TPSA) is 32.5 Å². The van der Waals surface area contributed by atoms with Crippen LogP contribution in [0.2, 0.25) is 0 Å². The van der Waals surface area contributed by atoms with Crippen LogP contribution in [0, 0.1) is 11.8 Å². The van der Waals surface area contributed by atoms with Crippen LogP contribution in [0.5, 0.6) is 0 Å². The second-order valence-electron chi connectivity index (χ2n) is 6.42. The molecule has 1 heterocycles. The Morgan fingerprint density at radius 1 is 1.29 bits per heavy atom. The van der Waals surface area contributed by atoms with E-state index in [1.165, 1.54) is 58.3 Å². The Morgan fingerprint density at radius 3 is 2.71 bits per heavy atom. The second-order valence-corrected chi connectivity index (χ2v) is 6.42. The minimum absolute atomic E-state index is 0.500. The summed E-state index contributed by atoms with van der Waals surface area (Å²) in [6, 6.07) is 0.500. The maximum Gasteiger partial charge on any atom is 0.00450 e. The number of likely N-dealkylation sites (tertiary alicyclic amines) is 1. The number of hydrogen-bond acceptors (Lipinski definition) is 3. The molecule has 1 saturated heterocycles. The van der Waals surface area contributed by atoms with Crippen molar-refractivity contribution in [3.63, 3.8) is 0 Å². The fourth-order valence-corrected chi connectivity index (χ4v) is 3.38. The molecule has 2 aliphatic rings. The summed E-state index contributed by atoms with van der Waals surface area (Å²) >= 11 is 0. The molecule has 0 aromatic carbocycles.